The van der Waals surface area contributed by atoms with E-state index in [0.29, 0.717) is 17.8 Å². The molecule has 1 heterocycles. The Bertz CT molecular complexity index is 368. The highest BCUT2D eigenvalue weighted by molar-refractivity contribution is 9.10. The molecule has 4 nitrogen and oxygen atoms in total. The number of nitrogens with one attached hydrogen (secondary N) is 1. The van der Waals surface area contributed by atoms with Crippen LogP contribution in [0.4, 0.5) is 11.8 Å². The van der Waals surface area contributed by atoms with Gasteiger partial charge in [-0.25, -0.2) is 4.98 Å². The van der Waals surface area contributed by atoms with E-state index in [4.69, 9.17) is 5.73 Å². The maximum absolute atomic E-state index is 5.71. The van der Waals surface area contributed by atoms with Crippen LogP contribution in [0.1, 0.15) is 45.4 Å². The molecule has 1 aromatic heterocycles. The second kappa shape index (κ2) is 6.36. The van der Waals surface area contributed by atoms with E-state index in [1.165, 1.54) is 38.5 Å². The first-order chi connectivity index (χ1) is 8.67. The van der Waals surface area contributed by atoms with Gasteiger partial charge in [-0.15, -0.1) is 0 Å². The van der Waals surface area contributed by atoms with E-state index < -0.39 is 0 Å². The predicted molar refractivity (Wildman–Crippen MR) is 78.4 cm³/mol. The molecule has 0 unspecified atom stereocenters. The van der Waals surface area contributed by atoms with Gasteiger partial charge in [0, 0.05) is 12.1 Å². The van der Waals surface area contributed by atoms with Crippen molar-refractivity contribution in [2.24, 2.45) is 5.92 Å². The van der Waals surface area contributed by atoms with Crippen molar-refractivity contribution in [3.8, 4) is 0 Å². The number of nitrogens with zero attached hydrogens (tertiary/aromatic N) is 2. The average molecular weight is 313 g/mol. The molecular weight excluding hydrogens is 292 g/mol. The van der Waals surface area contributed by atoms with Gasteiger partial charge in [0.15, 0.2) is 0 Å². The average Bonchev–Trinajstić information content (AvgIpc) is 2.31. The monoisotopic (exact) mass is 312 g/mol. The molecule has 0 bridgehead atoms. The van der Waals surface area contributed by atoms with Crippen LogP contribution in [0.25, 0.3) is 0 Å². The molecule has 0 spiro atoms. The van der Waals surface area contributed by atoms with E-state index in [-0.39, 0.29) is 0 Å². The van der Waals surface area contributed by atoms with Crippen molar-refractivity contribution in [1.82, 2.24) is 9.97 Å². The lowest BCUT2D eigenvalue weighted by atomic mass is 9.83. The Hall–Kier alpha value is -0.840. The third-order valence-electron chi connectivity index (χ3n) is 3.59. The van der Waals surface area contributed by atoms with Crippen LogP contribution >= 0.6 is 15.9 Å². The van der Waals surface area contributed by atoms with Crippen LogP contribution in [-0.4, -0.2) is 16.0 Å². The third kappa shape index (κ3) is 3.83. The summed E-state index contributed by atoms with van der Waals surface area (Å²) >= 11 is 3.34. The molecule has 0 aliphatic heterocycles. The van der Waals surface area contributed by atoms with E-state index in [0.717, 1.165) is 10.5 Å². The number of nitrogen functional groups attached to an aromatic ring is 1. The summed E-state index contributed by atoms with van der Waals surface area (Å²) < 4.78 is 0.733. The van der Waals surface area contributed by atoms with Crippen molar-refractivity contribution in [3.63, 3.8) is 0 Å². The van der Waals surface area contributed by atoms with Gasteiger partial charge < -0.3 is 11.1 Å². The van der Waals surface area contributed by atoms with Gasteiger partial charge in [-0.1, -0.05) is 19.8 Å². The minimum atomic E-state index is 0.492. The number of rotatable bonds is 4. The number of hydrogen-bond acceptors (Lipinski definition) is 4. The van der Waals surface area contributed by atoms with Crippen molar-refractivity contribution in [2.75, 3.05) is 11.1 Å². The third-order valence-corrected chi connectivity index (χ3v) is 4.00. The smallest absolute Gasteiger partial charge is 0.225 e. The van der Waals surface area contributed by atoms with E-state index in [9.17, 15) is 0 Å². The minimum Gasteiger partial charge on any atom is -0.383 e. The second-order valence-corrected chi connectivity index (χ2v) is 5.90. The van der Waals surface area contributed by atoms with E-state index in [1.54, 1.807) is 6.07 Å². The van der Waals surface area contributed by atoms with Crippen LogP contribution in [0.5, 0.6) is 0 Å². The van der Waals surface area contributed by atoms with Crippen molar-refractivity contribution >= 4 is 27.7 Å². The first-order valence-corrected chi connectivity index (χ1v) is 7.53. The Kier molecular flexibility index (Phi) is 4.80. The Balaban J connectivity index is 1.87. The SMILES string of the molecule is CCCC1CCC(Nc2nc(N)cc(Br)n2)CC1. The normalized spacial score (nSPS) is 23.9. The summed E-state index contributed by atoms with van der Waals surface area (Å²) in [5.41, 5.74) is 5.71. The minimum absolute atomic E-state index is 0.492. The Labute approximate surface area is 117 Å². The summed E-state index contributed by atoms with van der Waals surface area (Å²) in [6, 6.07) is 2.20. The van der Waals surface area contributed by atoms with Crippen LogP contribution < -0.4 is 11.1 Å². The molecule has 1 aromatic rings. The van der Waals surface area contributed by atoms with Crippen LogP contribution in [0, 0.1) is 5.92 Å². The van der Waals surface area contributed by atoms with Crippen LogP contribution in [0.3, 0.4) is 0 Å². The van der Waals surface area contributed by atoms with Crippen molar-refractivity contribution in [2.45, 2.75) is 51.5 Å². The molecule has 5 heteroatoms. The highest BCUT2D eigenvalue weighted by Gasteiger charge is 2.21. The number of nitrogens with two attached hydrogens (primary N) is 1. The molecule has 0 saturated heterocycles. The molecule has 1 saturated carbocycles. The summed E-state index contributed by atoms with van der Waals surface area (Å²) in [5, 5.41) is 3.39. The van der Waals surface area contributed by atoms with Gasteiger partial charge in [0.25, 0.3) is 0 Å². The molecule has 0 atom stereocenters. The lowest BCUT2D eigenvalue weighted by Crippen LogP contribution is -2.27. The van der Waals surface area contributed by atoms with Crippen molar-refractivity contribution < 1.29 is 0 Å². The fourth-order valence-electron chi connectivity index (χ4n) is 2.69. The molecule has 0 aromatic carbocycles. The van der Waals surface area contributed by atoms with Gasteiger partial charge in [0.05, 0.1) is 0 Å². The van der Waals surface area contributed by atoms with Gasteiger partial charge in [-0.3, -0.25) is 0 Å². The van der Waals surface area contributed by atoms with Gasteiger partial charge in [0.1, 0.15) is 10.4 Å². The molecule has 18 heavy (non-hydrogen) atoms. The number of aromatic nitrogens is 2. The number of hydrogen-bond donors (Lipinski definition) is 2. The maximum Gasteiger partial charge on any atom is 0.225 e. The van der Waals surface area contributed by atoms with E-state index in [2.05, 4.69) is 38.1 Å². The Morgan fingerprint density at radius 3 is 2.67 bits per heavy atom. The zero-order valence-electron chi connectivity index (χ0n) is 10.8. The van der Waals surface area contributed by atoms with E-state index in [1.807, 2.05) is 0 Å². The van der Waals surface area contributed by atoms with Gasteiger partial charge >= 0.3 is 0 Å². The lowest BCUT2D eigenvalue weighted by molar-refractivity contribution is 0.318. The standard InChI is InChI=1S/C13H21BrN4/c1-2-3-9-4-6-10(7-5-9)16-13-17-11(14)8-12(15)18-13/h8-10H,2-7H2,1H3,(H3,15,16,17,18). The predicted octanol–water partition coefficient (Wildman–Crippen LogP) is 3.59. The zero-order chi connectivity index (χ0) is 13.0. The molecule has 0 amide bonds. The summed E-state index contributed by atoms with van der Waals surface area (Å²) in [6.45, 7) is 2.27. The molecular formula is C13H21BrN4. The van der Waals surface area contributed by atoms with Gasteiger partial charge in [-0.2, -0.15) is 4.98 Å². The highest BCUT2D eigenvalue weighted by Crippen LogP contribution is 2.29. The number of anilines is 2. The Morgan fingerprint density at radius 1 is 1.33 bits per heavy atom. The maximum atomic E-state index is 5.71. The molecule has 1 fully saturated rings. The molecule has 100 valence electrons. The largest absolute Gasteiger partial charge is 0.383 e. The van der Waals surface area contributed by atoms with Crippen LogP contribution in [-0.2, 0) is 0 Å². The van der Waals surface area contributed by atoms with E-state index >= 15 is 0 Å². The highest BCUT2D eigenvalue weighted by atomic mass is 79.9. The topological polar surface area (TPSA) is 63.8 Å². The van der Waals surface area contributed by atoms with Crippen LogP contribution in [0.15, 0.2) is 10.7 Å². The summed E-state index contributed by atoms with van der Waals surface area (Å²) in [7, 11) is 0. The molecule has 3 N–H and O–H groups in total. The fourth-order valence-corrected chi connectivity index (χ4v) is 3.09. The van der Waals surface area contributed by atoms with Gasteiger partial charge in [0.2, 0.25) is 5.95 Å². The van der Waals surface area contributed by atoms with Gasteiger partial charge in [-0.05, 0) is 47.5 Å². The number of halogens is 1. The molecule has 0 radical (unpaired) electrons. The second-order valence-electron chi connectivity index (χ2n) is 5.09. The molecule has 2 rings (SSSR count). The summed E-state index contributed by atoms with van der Waals surface area (Å²) in [5.74, 6) is 2.06. The summed E-state index contributed by atoms with van der Waals surface area (Å²) in [6.07, 6.45) is 7.71. The first-order valence-electron chi connectivity index (χ1n) is 6.74. The van der Waals surface area contributed by atoms with Crippen molar-refractivity contribution in [1.29, 1.82) is 0 Å². The molecule has 1 aliphatic rings. The Morgan fingerprint density at radius 2 is 2.06 bits per heavy atom. The first kappa shape index (κ1) is 13.6. The van der Waals surface area contributed by atoms with Crippen molar-refractivity contribution in [3.05, 3.63) is 10.7 Å². The zero-order valence-corrected chi connectivity index (χ0v) is 12.4. The lowest BCUT2D eigenvalue weighted by Gasteiger charge is -2.28. The quantitative estimate of drug-likeness (QED) is 0.834. The fraction of sp³-hybridized carbons (Fsp3) is 0.692. The summed E-state index contributed by atoms with van der Waals surface area (Å²) in [4.78, 5) is 8.51. The molecule has 1 aliphatic carbocycles. The van der Waals surface area contributed by atoms with Crippen LogP contribution in [0.2, 0.25) is 0 Å².